The third-order valence-electron chi connectivity index (χ3n) is 6.32. The van der Waals surface area contributed by atoms with Crippen molar-refractivity contribution in [2.75, 3.05) is 13.2 Å². The van der Waals surface area contributed by atoms with Gasteiger partial charge in [-0.2, -0.15) is 15.6 Å². The summed E-state index contributed by atoms with van der Waals surface area (Å²) in [4.78, 5) is 25.0. The van der Waals surface area contributed by atoms with Gasteiger partial charge in [0.15, 0.2) is 0 Å². The lowest BCUT2D eigenvalue weighted by atomic mass is 9.83. The first-order valence-corrected chi connectivity index (χ1v) is 12.9. The Morgan fingerprint density at radius 2 is 1.57 bits per heavy atom. The first-order valence-electron chi connectivity index (χ1n) is 12.9. The Kier molecular flexibility index (Phi) is 10.5. The van der Waals surface area contributed by atoms with Crippen LogP contribution in [0.3, 0.4) is 0 Å². The zero-order chi connectivity index (χ0) is 29.0. The van der Waals surface area contributed by atoms with E-state index in [1.807, 2.05) is 32.9 Å². The summed E-state index contributed by atoms with van der Waals surface area (Å²) in [5, 5.41) is 26.6. The van der Waals surface area contributed by atoms with E-state index in [9.17, 15) is 14.9 Å². The van der Waals surface area contributed by atoms with Gasteiger partial charge in [-0.25, -0.2) is 4.79 Å². The monoisotopic (exact) mass is 538 g/mol. The van der Waals surface area contributed by atoms with E-state index < -0.39 is 11.4 Å². The summed E-state index contributed by atoms with van der Waals surface area (Å²) in [6, 6.07) is 21.4. The minimum Gasteiger partial charge on any atom is -0.490 e. The van der Waals surface area contributed by atoms with Crippen molar-refractivity contribution in [1.82, 2.24) is 0 Å². The highest BCUT2D eigenvalue weighted by Gasteiger charge is 2.31. The van der Waals surface area contributed by atoms with E-state index in [0.29, 0.717) is 34.7 Å². The van der Waals surface area contributed by atoms with Gasteiger partial charge in [0.1, 0.15) is 36.5 Å². The highest BCUT2D eigenvalue weighted by Crippen LogP contribution is 2.29. The number of azo groups is 1. The van der Waals surface area contributed by atoms with Crippen molar-refractivity contribution in [3.63, 3.8) is 0 Å². The lowest BCUT2D eigenvalue weighted by molar-refractivity contribution is -0.156. The van der Waals surface area contributed by atoms with Gasteiger partial charge in [-0.15, -0.1) is 5.11 Å². The first-order chi connectivity index (χ1) is 19.3. The van der Waals surface area contributed by atoms with E-state index in [1.165, 1.54) is 18.2 Å². The molecule has 0 N–H and O–H groups in total. The van der Waals surface area contributed by atoms with Gasteiger partial charge < -0.3 is 14.2 Å². The normalized spacial score (nSPS) is 12.1. The van der Waals surface area contributed by atoms with Gasteiger partial charge in [0, 0.05) is 6.07 Å². The van der Waals surface area contributed by atoms with Gasteiger partial charge in [-0.3, -0.25) is 4.79 Å². The molecule has 0 aliphatic rings. The number of hydrogen-bond acceptors (Lipinski definition) is 9. The molecule has 204 valence electrons. The SMILES string of the molecule is CCCC(C)(CC)C(=O)OCCOc1ccc(C(=O)Oc2ccc(N=Nc3ccc(C#N)cc3)c(C#N)c2)cc1. The zero-order valence-electron chi connectivity index (χ0n) is 22.7. The van der Waals surface area contributed by atoms with Crippen molar-refractivity contribution >= 4 is 23.3 Å². The Morgan fingerprint density at radius 1 is 0.875 bits per heavy atom. The molecule has 0 heterocycles. The van der Waals surface area contributed by atoms with Gasteiger partial charge >= 0.3 is 11.9 Å². The molecule has 0 amide bonds. The number of rotatable bonds is 12. The summed E-state index contributed by atoms with van der Waals surface area (Å²) in [7, 11) is 0. The maximum absolute atomic E-state index is 12.6. The second-order valence-electron chi connectivity index (χ2n) is 9.21. The van der Waals surface area contributed by atoms with Crippen LogP contribution in [0.1, 0.15) is 61.5 Å². The van der Waals surface area contributed by atoms with Crippen LogP contribution < -0.4 is 9.47 Å². The molecule has 0 aromatic heterocycles. The predicted molar refractivity (Wildman–Crippen MR) is 148 cm³/mol. The number of benzene rings is 3. The van der Waals surface area contributed by atoms with E-state index in [0.717, 1.165) is 12.8 Å². The van der Waals surface area contributed by atoms with E-state index in [1.54, 1.807) is 48.5 Å². The smallest absolute Gasteiger partial charge is 0.343 e. The van der Waals surface area contributed by atoms with Crippen molar-refractivity contribution in [2.45, 2.75) is 40.0 Å². The van der Waals surface area contributed by atoms with Crippen molar-refractivity contribution in [3.8, 4) is 23.6 Å². The minimum atomic E-state index is -0.605. The Morgan fingerprint density at radius 3 is 2.20 bits per heavy atom. The number of esters is 2. The van der Waals surface area contributed by atoms with Crippen molar-refractivity contribution in [3.05, 3.63) is 83.4 Å². The molecular formula is C31H30N4O5. The fourth-order valence-electron chi connectivity index (χ4n) is 3.77. The molecule has 3 aromatic carbocycles. The van der Waals surface area contributed by atoms with Gasteiger partial charge in [-0.1, -0.05) is 20.3 Å². The quantitative estimate of drug-likeness (QED) is 0.103. The highest BCUT2D eigenvalue weighted by atomic mass is 16.6. The third-order valence-corrected chi connectivity index (χ3v) is 6.32. The second-order valence-corrected chi connectivity index (χ2v) is 9.21. The molecule has 3 aromatic rings. The standard InChI is InChI=1S/C31H30N4O5/c1-4-16-31(3,5-2)30(37)39-18-17-38-26-12-8-23(9-13-26)29(36)40-27-14-15-28(24(19-27)21-33)35-34-25-10-6-22(20-32)7-11-25/h6-15,19H,4-5,16-18H2,1-3H3. The second kappa shape index (κ2) is 14.2. The van der Waals surface area contributed by atoms with E-state index in [2.05, 4.69) is 10.2 Å². The van der Waals surface area contributed by atoms with Gasteiger partial charge in [0.05, 0.1) is 33.9 Å². The number of ether oxygens (including phenoxy) is 3. The third kappa shape index (κ3) is 7.99. The molecular weight excluding hydrogens is 508 g/mol. The molecule has 0 spiro atoms. The summed E-state index contributed by atoms with van der Waals surface area (Å²) >= 11 is 0. The Bertz CT molecular complexity index is 1440. The van der Waals surface area contributed by atoms with E-state index >= 15 is 0 Å². The maximum atomic E-state index is 12.6. The van der Waals surface area contributed by atoms with Crippen LogP contribution in [0.2, 0.25) is 0 Å². The molecule has 0 aliphatic heterocycles. The number of carbonyl (C=O) groups excluding carboxylic acids is 2. The average molecular weight is 539 g/mol. The van der Waals surface area contributed by atoms with Crippen LogP contribution in [0.25, 0.3) is 0 Å². The molecule has 9 heteroatoms. The fourth-order valence-corrected chi connectivity index (χ4v) is 3.77. The lowest BCUT2D eigenvalue weighted by Gasteiger charge is -2.25. The molecule has 0 saturated heterocycles. The van der Waals surface area contributed by atoms with Crippen molar-refractivity contribution in [1.29, 1.82) is 10.5 Å². The Hall–Kier alpha value is -5.02. The molecule has 1 atom stereocenters. The van der Waals surface area contributed by atoms with Crippen molar-refractivity contribution < 1.29 is 23.8 Å². The van der Waals surface area contributed by atoms with Crippen LogP contribution in [0.5, 0.6) is 11.5 Å². The topological polar surface area (TPSA) is 134 Å². The molecule has 0 saturated carbocycles. The summed E-state index contributed by atoms with van der Waals surface area (Å²) in [6.07, 6.45) is 2.39. The summed E-state index contributed by atoms with van der Waals surface area (Å²) in [6.45, 7) is 6.25. The Labute approximate surface area is 233 Å². The molecule has 0 fully saturated rings. The van der Waals surface area contributed by atoms with Crippen LogP contribution in [-0.4, -0.2) is 25.2 Å². The number of hydrogen-bond donors (Lipinski definition) is 0. The number of carbonyl (C=O) groups is 2. The lowest BCUT2D eigenvalue weighted by Crippen LogP contribution is -2.30. The van der Waals surface area contributed by atoms with Gasteiger partial charge in [0.2, 0.25) is 0 Å². The molecule has 0 aliphatic carbocycles. The molecule has 1 unspecified atom stereocenters. The van der Waals surface area contributed by atoms with Crippen molar-refractivity contribution in [2.24, 2.45) is 15.6 Å². The molecule has 3 rings (SSSR count). The number of nitriles is 2. The largest absolute Gasteiger partial charge is 0.490 e. The van der Waals surface area contributed by atoms with Crippen LogP contribution in [0.4, 0.5) is 11.4 Å². The molecule has 0 bridgehead atoms. The fraction of sp³-hybridized carbons (Fsp3) is 0.290. The molecule has 9 nitrogen and oxygen atoms in total. The van der Waals surface area contributed by atoms with E-state index in [-0.39, 0.29) is 30.5 Å². The van der Waals surface area contributed by atoms with Crippen LogP contribution in [-0.2, 0) is 9.53 Å². The van der Waals surface area contributed by atoms with Crippen LogP contribution >= 0.6 is 0 Å². The van der Waals surface area contributed by atoms with Crippen LogP contribution in [0.15, 0.2) is 77.0 Å². The molecule has 40 heavy (non-hydrogen) atoms. The summed E-state index contributed by atoms with van der Waals surface area (Å²) < 4.78 is 16.4. The predicted octanol–water partition coefficient (Wildman–Crippen LogP) is 7.20. The molecule has 0 radical (unpaired) electrons. The maximum Gasteiger partial charge on any atom is 0.343 e. The van der Waals surface area contributed by atoms with Gasteiger partial charge in [0.25, 0.3) is 0 Å². The van der Waals surface area contributed by atoms with Gasteiger partial charge in [-0.05, 0) is 80.4 Å². The highest BCUT2D eigenvalue weighted by molar-refractivity contribution is 5.91. The average Bonchev–Trinajstić information content (AvgIpc) is 2.99. The Balaban J connectivity index is 1.54. The summed E-state index contributed by atoms with van der Waals surface area (Å²) in [5.41, 5.74) is 1.33. The minimum absolute atomic E-state index is 0.131. The first kappa shape index (κ1) is 29.5. The van der Waals surface area contributed by atoms with Crippen LogP contribution in [0, 0.1) is 28.1 Å². The summed E-state index contributed by atoms with van der Waals surface area (Å²) in [5.74, 6) is -0.127. The zero-order valence-corrected chi connectivity index (χ0v) is 22.7. The van der Waals surface area contributed by atoms with E-state index in [4.69, 9.17) is 19.5 Å². The number of nitrogens with zero attached hydrogens (tertiary/aromatic N) is 4.